The molecule has 1 saturated heterocycles. The molecule has 0 spiro atoms. The molecule has 0 aliphatic carbocycles. The minimum atomic E-state index is -3.32. The van der Waals surface area contributed by atoms with Crippen LogP contribution in [-0.4, -0.2) is 39.4 Å². The van der Waals surface area contributed by atoms with Gasteiger partial charge in [-0.05, 0) is 24.6 Å². The highest BCUT2D eigenvalue weighted by atomic mass is 32.2. The van der Waals surface area contributed by atoms with E-state index in [0.717, 1.165) is 16.7 Å². The van der Waals surface area contributed by atoms with Crippen molar-refractivity contribution in [1.82, 2.24) is 0 Å². The van der Waals surface area contributed by atoms with E-state index >= 15 is 0 Å². The number of carbonyl (C=O) groups is 2. The fourth-order valence-corrected chi connectivity index (χ4v) is 3.41. The van der Waals surface area contributed by atoms with Crippen LogP contribution in [-0.2, 0) is 19.4 Å². The van der Waals surface area contributed by atoms with Crippen LogP contribution in [0.3, 0.4) is 0 Å². The van der Waals surface area contributed by atoms with Gasteiger partial charge in [0.25, 0.3) is 0 Å². The fourth-order valence-electron chi connectivity index (χ4n) is 2.42. The zero-order chi connectivity index (χ0) is 15.8. The van der Waals surface area contributed by atoms with Gasteiger partial charge in [-0.2, -0.15) is 0 Å². The summed E-state index contributed by atoms with van der Waals surface area (Å²) in [7, 11) is -1.87. The number of sulfone groups is 1. The van der Waals surface area contributed by atoms with Crippen LogP contribution in [0.2, 0.25) is 0 Å². The SMILES string of the molecule is COc1ccc(C)cc1N1C(=O)CC(CS(C)(=O)=O)C1=O. The van der Waals surface area contributed by atoms with Crippen molar-refractivity contribution in [2.75, 3.05) is 24.0 Å². The van der Waals surface area contributed by atoms with E-state index in [9.17, 15) is 18.0 Å². The summed E-state index contributed by atoms with van der Waals surface area (Å²) in [4.78, 5) is 25.5. The van der Waals surface area contributed by atoms with E-state index < -0.39 is 27.6 Å². The lowest BCUT2D eigenvalue weighted by Gasteiger charge is -2.18. The number of hydrogen-bond acceptors (Lipinski definition) is 5. The largest absolute Gasteiger partial charge is 0.495 e. The van der Waals surface area contributed by atoms with Crippen LogP contribution >= 0.6 is 0 Å². The summed E-state index contributed by atoms with van der Waals surface area (Å²) in [6, 6.07) is 5.16. The lowest BCUT2D eigenvalue weighted by atomic mass is 10.1. The average molecular weight is 311 g/mol. The summed E-state index contributed by atoms with van der Waals surface area (Å²) in [5, 5.41) is 0. The van der Waals surface area contributed by atoms with E-state index in [1.165, 1.54) is 7.11 Å². The van der Waals surface area contributed by atoms with E-state index in [1.54, 1.807) is 18.2 Å². The van der Waals surface area contributed by atoms with Crippen LogP contribution in [0.15, 0.2) is 18.2 Å². The van der Waals surface area contributed by atoms with Crippen molar-refractivity contribution in [2.24, 2.45) is 5.92 Å². The highest BCUT2D eigenvalue weighted by Gasteiger charge is 2.42. The predicted molar refractivity (Wildman–Crippen MR) is 78.0 cm³/mol. The number of aryl methyl sites for hydroxylation is 1. The van der Waals surface area contributed by atoms with Gasteiger partial charge < -0.3 is 4.74 Å². The Bertz CT molecular complexity index is 695. The van der Waals surface area contributed by atoms with Gasteiger partial charge in [-0.1, -0.05) is 6.07 Å². The standard InChI is InChI=1S/C14H17NO5S/c1-9-4-5-12(20-2)11(6-9)15-13(16)7-10(14(15)17)8-21(3,18)19/h4-6,10H,7-8H2,1-3H3. The Morgan fingerprint density at radius 2 is 2.00 bits per heavy atom. The van der Waals surface area contributed by atoms with Gasteiger partial charge >= 0.3 is 0 Å². The average Bonchev–Trinajstić information content (AvgIpc) is 2.62. The van der Waals surface area contributed by atoms with Gasteiger partial charge in [0.05, 0.1) is 24.5 Å². The molecule has 2 amide bonds. The van der Waals surface area contributed by atoms with Crippen LogP contribution in [0.5, 0.6) is 5.75 Å². The van der Waals surface area contributed by atoms with E-state index in [2.05, 4.69) is 0 Å². The van der Waals surface area contributed by atoms with Gasteiger partial charge in [0.15, 0.2) is 0 Å². The van der Waals surface area contributed by atoms with Crippen LogP contribution in [0.1, 0.15) is 12.0 Å². The van der Waals surface area contributed by atoms with Crippen molar-refractivity contribution < 1.29 is 22.7 Å². The van der Waals surface area contributed by atoms with Crippen LogP contribution in [0, 0.1) is 12.8 Å². The Kier molecular flexibility index (Phi) is 4.04. The molecule has 1 unspecified atom stereocenters. The molecule has 114 valence electrons. The zero-order valence-corrected chi connectivity index (χ0v) is 12.9. The second-order valence-corrected chi connectivity index (χ2v) is 7.42. The number of methoxy groups -OCH3 is 1. The van der Waals surface area contributed by atoms with Gasteiger partial charge in [-0.15, -0.1) is 0 Å². The summed E-state index contributed by atoms with van der Waals surface area (Å²) >= 11 is 0. The zero-order valence-electron chi connectivity index (χ0n) is 12.1. The molecule has 0 saturated carbocycles. The smallest absolute Gasteiger partial charge is 0.238 e. The van der Waals surface area contributed by atoms with Gasteiger partial charge in [0.2, 0.25) is 11.8 Å². The monoisotopic (exact) mass is 311 g/mol. The molecule has 1 atom stereocenters. The number of carbonyl (C=O) groups excluding carboxylic acids is 2. The molecular formula is C14H17NO5S. The van der Waals surface area contributed by atoms with Crippen molar-refractivity contribution >= 4 is 27.3 Å². The molecule has 1 aromatic rings. The molecule has 6 nitrogen and oxygen atoms in total. The number of amides is 2. The summed E-state index contributed by atoms with van der Waals surface area (Å²) < 4.78 is 27.9. The molecule has 1 heterocycles. The van der Waals surface area contributed by atoms with Crippen LogP contribution in [0.4, 0.5) is 5.69 Å². The maximum absolute atomic E-state index is 12.4. The van der Waals surface area contributed by atoms with Gasteiger partial charge in [0, 0.05) is 12.7 Å². The maximum atomic E-state index is 12.4. The summed E-state index contributed by atoms with van der Waals surface area (Å²) in [5.74, 6) is -1.63. The van der Waals surface area contributed by atoms with Crippen molar-refractivity contribution in [1.29, 1.82) is 0 Å². The second kappa shape index (κ2) is 5.48. The molecule has 0 N–H and O–H groups in total. The number of ether oxygens (including phenoxy) is 1. The van der Waals surface area contributed by atoms with Crippen molar-refractivity contribution in [2.45, 2.75) is 13.3 Å². The normalized spacial score (nSPS) is 19.2. The van der Waals surface area contributed by atoms with Gasteiger partial charge in [-0.3, -0.25) is 9.59 Å². The van der Waals surface area contributed by atoms with Crippen molar-refractivity contribution in [3.05, 3.63) is 23.8 Å². The quantitative estimate of drug-likeness (QED) is 0.773. The van der Waals surface area contributed by atoms with Crippen LogP contribution in [0.25, 0.3) is 0 Å². The molecule has 2 rings (SSSR count). The number of nitrogens with zero attached hydrogens (tertiary/aromatic N) is 1. The van der Waals surface area contributed by atoms with Gasteiger partial charge in [-0.25, -0.2) is 13.3 Å². The first-order valence-corrected chi connectivity index (χ1v) is 8.48. The lowest BCUT2D eigenvalue weighted by Crippen LogP contribution is -2.32. The van der Waals surface area contributed by atoms with E-state index in [-0.39, 0.29) is 12.2 Å². The van der Waals surface area contributed by atoms with Crippen molar-refractivity contribution in [3.8, 4) is 5.75 Å². The molecule has 1 fully saturated rings. The third-order valence-corrected chi connectivity index (χ3v) is 4.33. The highest BCUT2D eigenvalue weighted by molar-refractivity contribution is 7.90. The summed E-state index contributed by atoms with van der Waals surface area (Å²) in [6.45, 7) is 1.84. The molecular weight excluding hydrogens is 294 g/mol. The fraction of sp³-hybridized carbons (Fsp3) is 0.429. The minimum absolute atomic E-state index is 0.0942. The Balaban J connectivity index is 2.39. The summed E-state index contributed by atoms with van der Waals surface area (Å²) in [5.41, 5.74) is 1.24. The van der Waals surface area contributed by atoms with Gasteiger partial charge in [0.1, 0.15) is 15.6 Å². The Hall–Kier alpha value is -1.89. The third-order valence-electron chi connectivity index (χ3n) is 3.32. The van der Waals surface area contributed by atoms with Crippen molar-refractivity contribution in [3.63, 3.8) is 0 Å². The molecule has 21 heavy (non-hydrogen) atoms. The molecule has 0 aromatic heterocycles. The molecule has 0 radical (unpaired) electrons. The second-order valence-electron chi connectivity index (χ2n) is 5.24. The van der Waals surface area contributed by atoms with E-state index in [4.69, 9.17) is 4.74 Å². The number of benzene rings is 1. The first kappa shape index (κ1) is 15.5. The summed E-state index contributed by atoms with van der Waals surface area (Å²) in [6.07, 6.45) is 0.962. The Morgan fingerprint density at radius 1 is 1.33 bits per heavy atom. The van der Waals surface area contributed by atoms with E-state index in [1.807, 2.05) is 6.92 Å². The molecule has 1 aromatic carbocycles. The predicted octanol–water partition coefficient (Wildman–Crippen LogP) is 0.928. The highest BCUT2D eigenvalue weighted by Crippen LogP contribution is 2.34. The third kappa shape index (κ3) is 3.24. The minimum Gasteiger partial charge on any atom is -0.495 e. The van der Waals surface area contributed by atoms with E-state index in [0.29, 0.717) is 11.4 Å². The first-order valence-electron chi connectivity index (χ1n) is 6.42. The first-order chi connectivity index (χ1) is 9.73. The molecule has 1 aliphatic rings. The number of anilines is 1. The number of imide groups is 1. The molecule has 7 heteroatoms. The Labute approximate surface area is 123 Å². The number of rotatable bonds is 4. The number of hydrogen-bond donors (Lipinski definition) is 0. The van der Waals surface area contributed by atoms with Crippen LogP contribution < -0.4 is 9.64 Å². The maximum Gasteiger partial charge on any atom is 0.238 e. The Morgan fingerprint density at radius 3 is 2.57 bits per heavy atom. The lowest BCUT2D eigenvalue weighted by molar-refractivity contribution is -0.122. The molecule has 1 aliphatic heterocycles. The topological polar surface area (TPSA) is 80.8 Å². The molecule has 0 bridgehead atoms.